The van der Waals surface area contributed by atoms with Crippen LogP contribution in [0, 0.1) is 5.92 Å². The average Bonchev–Trinajstić information content (AvgIpc) is 2.65. The molecule has 2 N–H and O–H groups in total. The molecule has 0 saturated carbocycles. The van der Waals surface area contributed by atoms with Gasteiger partial charge in [0.15, 0.2) is 0 Å². The highest BCUT2D eigenvalue weighted by atomic mass is 35.5. The molecule has 1 aromatic heterocycles. The lowest BCUT2D eigenvalue weighted by molar-refractivity contribution is 0.117. The normalized spacial score (nSPS) is 11.7. The summed E-state index contributed by atoms with van der Waals surface area (Å²) < 4.78 is 7.51. The van der Waals surface area contributed by atoms with Gasteiger partial charge < -0.3 is 15.0 Å². The van der Waals surface area contributed by atoms with E-state index in [4.69, 9.17) is 33.7 Å². The van der Waals surface area contributed by atoms with E-state index in [1.807, 2.05) is 4.57 Å². The number of aromatic nitrogens is 2. The molecule has 0 aliphatic heterocycles. The summed E-state index contributed by atoms with van der Waals surface area (Å²) in [6, 6.07) is 3.52. The summed E-state index contributed by atoms with van der Waals surface area (Å²) in [5.74, 6) is 1.10. The van der Waals surface area contributed by atoms with E-state index in [1.54, 1.807) is 12.1 Å². The molecule has 110 valence electrons. The molecule has 0 unspecified atom stereocenters. The summed E-state index contributed by atoms with van der Waals surface area (Å²) in [6.07, 6.45) is 1.06. The largest absolute Gasteiger partial charge is 0.380 e. The number of nitrogens with zero attached hydrogens (tertiary/aromatic N) is 2. The maximum Gasteiger partial charge on any atom is 0.201 e. The van der Waals surface area contributed by atoms with E-state index in [0.29, 0.717) is 35.1 Å². The summed E-state index contributed by atoms with van der Waals surface area (Å²) in [4.78, 5) is 4.28. The molecule has 20 heavy (non-hydrogen) atoms. The van der Waals surface area contributed by atoms with Crippen molar-refractivity contribution in [3.05, 3.63) is 22.2 Å². The Bertz CT molecular complexity index is 596. The maximum absolute atomic E-state index is 6.04. The first-order chi connectivity index (χ1) is 9.49. The van der Waals surface area contributed by atoms with E-state index in [1.165, 1.54) is 0 Å². The first kappa shape index (κ1) is 15.4. The lowest BCUT2D eigenvalue weighted by Crippen LogP contribution is -2.10. The lowest BCUT2D eigenvalue weighted by Gasteiger charge is -2.09. The summed E-state index contributed by atoms with van der Waals surface area (Å²) >= 11 is 12.0. The van der Waals surface area contributed by atoms with Gasteiger partial charge in [-0.3, -0.25) is 0 Å². The lowest BCUT2D eigenvalue weighted by atomic mass is 10.1. The van der Waals surface area contributed by atoms with Crippen LogP contribution in [0.2, 0.25) is 10.0 Å². The number of benzene rings is 1. The van der Waals surface area contributed by atoms with Gasteiger partial charge in [-0.1, -0.05) is 37.0 Å². The Morgan fingerprint density at radius 1 is 1.25 bits per heavy atom. The van der Waals surface area contributed by atoms with Crippen molar-refractivity contribution in [3.8, 4) is 0 Å². The van der Waals surface area contributed by atoms with Crippen LogP contribution in [0.5, 0.6) is 0 Å². The van der Waals surface area contributed by atoms with Crippen molar-refractivity contribution < 1.29 is 4.74 Å². The van der Waals surface area contributed by atoms with E-state index >= 15 is 0 Å². The Hall–Kier alpha value is -0.970. The van der Waals surface area contributed by atoms with Crippen LogP contribution >= 0.6 is 23.2 Å². The molecule has 0 saturated heterocycles. The minimum atomic E-state index is 0.450. The van der Waals surface area contributed by atoms with Gasteiger partial charge in [0.25, 0.3) is 0 Å². The smallest absolute Gasteiger partial charge is 0.201 e. The van der Waals surface area contributed by atoms with Crippen molar-refractivity contribution >= 4 is 40.2 Å². The highest BCUT2D eigenvalue weighted by molar-refractivity contribution is 6.42. The molecule has 0 radical (unpaired) electrons. The van der Waals surface area contributed by atoms with Gasteiger partial charge in [-0.2, -0.15) is 0 Å². The van der Waals surface area contributed by atoms with E-state index in [0.717, 1.165) is 24.1 Å². The third-order valence-electron chi connectivity index (χ3n) is 3.12. The minimum absolute atomic E-state index is 0.450. The van der Waals surface area contributed by atoms with Crippen molar-refractivity contribution in [2.75, 3.05) is 18.9 Å². The predicted molar refractivity (Wildman–Crippen MR) is 84.4 cm³/mol. The Morgan fingerprint density at radius 3 is 2.65 bits per heavy atom. The quantitative estimate of drug-likeness (QED) is 0.820. The summed E-state index contributed by atoms with van der Waals surface area (Å²) in [6.45, 7) is 6.37. The molecule has 0 aliphatic rings. The van der Waals surface area contributed by atoms with Gasteiger partial charge in [0.1, 0.15) is 0 Å². The molecule has 1 aromatic carbocycles. The number of hydrogen-bond acceptors (Lipinski definition) is 3. The number of imidazole rings is 1. The van der Waals surface area contributed by atoms with Crippen LogP contribution < -0.4 is 5.73 Å². The van der Waals surface area contributed by atoms with Gasteiger partial charge in [-0.15, -0.1) is 0 Å². The van der Waals surface area contributed by atoms with Crippen LogP contribution in [0.25, 0.3) is 11.0 Å². The summed E-state index contributed by atoms with van der Waals surface area (Å²) in [5.41, 5.74) is 7.55. The van der Waals surface area contributed by atoms with Crippen molar-refractivity contribution in [2.45, 2.75) is 26.8 Å². The number of ether oxygens (including phenoxy) is 1. The molecule has 6 heteroatoms. The fraction of sp³-hybridized carbons (Fsp3) is 0.500. The predicted octanol–water partition coefficient (Wildman–Crippen LogP) is 3.99. The standard InChI is InChI=1S/C14H19Cl2N3O/c1-9(2)3-5-20-6-4-19-13-8-11(16)10(15)7-12(13)18-14(19)17/h7-9H,3-6H2,1-2H3,(H2,17,18). The SMILES string of the molecule is CC(C)CCOCCn1c(N)nc2cc(Cl)c(Cl)cc21. The molecule has 2 rings (SSSR count). The molecule has 0 spiro atoms. The number of rotatable bonds is 6. The molecular weight excluding hydrogens is 297 g/mol. The van der Waals surface area contributed by atoms with Gasteiger partial charge in [0, 0.05) is 13.2 Å². The topological polar surface area (TPSA) is 53.1 Å². The van der Waals surface area contributed by atoms with Gasteiger partial charge in [-0.05, 0) is 24.5 Å². The van der Waals surface area contributed by atoms with Crippen LogP contribution in [-0.2, 0) is 11.3 Å². The van der Waals surface area contributed by atoms with Crippen molar-refractivity contribution in [1.29, 1.82) is 0 Å². The zero-order chi connectivity index (χ0) is 14.7. The molecular formula is C14H19Cl2N3O. The van der Waals surface area contributed by atoms with E-state index in [2.05, 4.69) is 18.8 Å². The zero-order valence-corrected chi connectivity index (χ0v) is 13.2. The highest BCUT2D eigenvalue weighted by Crippen LogP contribution is 2.28. The summed E-state index contributed by atoms with van der Waals surface area (Å²) in [5, 5.41) is 0.984. The van der Waals surface area contributed by atoms with Crippen LogP contribution in [0.15, 0.2) is 12.1 Å². The van der Waals surface area contributed by atoms with Crippen molar-refractivity contribution in [1.82, 2.24) is 9.55 Å². The third kappa shape index (κ3) is 3.57. The number of hydrogen-bond donors (Lipinski definition) is 1. The van der Waals surface area contributed by atoms with Gasteiger partial charge in [0.05, 0.1) is 27.7 Å². The van der Waals surface area contributed by atoms with E-state index in [9.17, 15) is 0 Å². The summed E-state index contributed by atoms with van der Waals surface area (Å²) in [7, 11) is 0. The molecule has 0 bridgehead atoms. The number of nitrogen functional groups attached to an aromatic ring is 1. The van der Waals surface area contributed by atoms with Crippen molar-refractivity contribution in [2.24, 2.45) is 5.92 Å². The number of halogens is 2. The molecule has 1 heterocycles. The van der Waals surface area contributed by atoms with E-state index < -0.39 is 0 Å². The molecule has 0 amide bonds. The number of nitrogens with two attached hydrogens (primary N) is 1. The Morgan fingerprint density at radius 2 is 1.95 bits per heavy atom. The monoisotopic (exact) mass is 315 g/mol. The average molecular weight is 316 g/mol. The maximum atomic E-state index is 6.04. The Balaban J connectivity index is 2.06. The number of fused-ring (bicyclic) bond motifs is 1. The van der Waals surface area contributed by atoms with Crippen LogP contribution in [0.4, 0.5) is 5.95 Å². The zero-order valence-electron chi connectivity index (χ0n) is 11.7. The molecule has 4 nitrogen and oxygen atoms in total. The fourth-order valence-corrected chi connectivity index (χ4v) is 2.27. The fourth-order valence-electron chi connectivity index (χ4n) is 1.95. The van der Waals surface area contributed by atoms with Gasteiger partial charge in [-0.25, -0.2) is 4.98 Å². The molecule has 0 fully saturated rings. The first-order valence-electron chi connectivity index (χ1n) is 6.67. The highest BCUT2D eigenvalue weighted by Gasteiger charge is 2.10. The van der Waals surface area contributed by atoms with Gasteiger partial charge in [0.2, 0.25) is 5.95 Å². The molecule has 2 aromatic rings. The van der Waals surface area contributed by atoms with Crippen LogP contribution in [0.3, 0.4) is 0 Å². The molecule has 0 atom stereocenters. The van der Waals surface area contributed by atoms with Crippen molar-refractivity contribution in [3.63, 3.8) is 0 Å². The second-order valence-corrected chi connectivity index (χ2v) is 5.99. The third-order valence-corrected chi connectivity index (χ3v) is 3.84. The van der Waals surface area contributed by atoms with Crippen LogP contribution in [-0.4, -0.2) is 22.8 Å². The van der Waals surface area contributed by atoms with Crippen LogP contribution in [0.1, 0.15) is 20.3 Å². The second kappa shape index (κ2) is 6.66. The van der Waals surface area contributed by atoms with Gasteiger partial charge >= 0.3 is 0 Å². The molecule has 0 aliphatic carbocycles. The Labute approximate surface area is 128 Å². The first-order valence-corrected chi connectivity index (χ1v) is 7.43. The minimum Gasteiger partial charge on any atom is -0.380 e. The second-order valence-electron chi connectivity index (χ2n) is 5.17. The van der Waals surface area contributed by atoms with E-state index in [-0.39, 0.29) is 0 Å². The Kier molecular flexibility index (Phi) is 5.13. The number of anilines is 1.